The van der Waals surface area contributed by atoms with Crippen molar-refractivity contribution in [3.63, 3.8) is 0 Å². The second-order valence-corrected chi connectivity index (χ2v) is 4.81. The summed E-state index contributed by atoms with van der Waals surface area (Å²) in [6, 6.07) is 1.94. The van der Waals surface area contributed by atoms with E-state index >= 15 is 0 Å². The quantitative estimate of drug-likeness (QED) is 0.807. The molecule has 1 aliphatic rings. The summed E-state index contributed by atoms with van der Waals surface area (Å²) in [5.74, 6) is 1.13. The summed E-state index contributed by atoms with van der Waals surface area (Å²) in [4.78, 5) is 1.03. The van der Waals surface area contributed by atoms with Gasteiger partial charge in [0, 0.05) is 6.20 Å². The lowest BCUT2D eigenvalue weighted by molar-refractivity contribution is 0.00798. The molecular formula is C10H15NOS. The van der Waals surface area contributed by atoms with Gasteiger partial charge in [0.2, 0.25) is 0 Å². The smallest absolute Gasteiger partial charge is 0.103 e. The van der Waals surface area contributed by atoms with Crippen LogP contribution < -0.4 is 0 Å². The van der Waals surface area contributed by atoms with Crippen LogP contribution in [0.3, 0.4) is 0 Å². The minimum absolute atomic E-state index is 0.456. The van der Waals surface area contributed by atoms with Crippen LogP contribution in [-0.2, 0) is 5.60 Å². The maximum Gasteiger partial charge on any atom is 0.103 e. The zero-order valence-corrected chi connectivity index (χ0v) is 8.84. The van der Waals surface area contributed by atoms with E-state index in [4.69, 9.17) is 0 Å². The Hall–Kier alpha value is -0.410. The van der Waals surface area contributed by atoms with Gasteiger partial charge in [-0.1, -0.05) is 13.8 Å². The fourth-order valence-corrected chi connectivity index (χ4v) is 2.86. The van der Waals surface area contributed by atoms with E-state index in [-0.39, 0.29) is 0 Å². The highest BCUT2D eigenvalue weighted by molar-refractivity contribution is 7.05. The molecule has 1 fully saturated rings. The summed E-state index contributed by atoms with van der Waals surface area (Å²) >= 11 is 1.42. The van der Waals surface area contributed by atoms with Crippen molar-refractivity contribution in [3.05, 3.63) is 17.1 Å². The van der Waals surface area contributed by atoms with Crippen molar-refractivity contribution >= 4 is 11.5 Å². The summed E-state index contributed by atoms with van der Waals surface area (Å²) in [6.45, 7) is 4.25. The lowest BCUT2D eigenvalue weighted by Crippen LogP contribution is -2.26. The van der Waals surface area contributed by atoms with E-state index in [0.717, 1.165) is 17.7 Å². The Kier molecular flexibility index (Phi) is 2.16. The summed E-state index contributed by atoms with van der Waals surface area (Å²) < 4.78 is 4.05. The summed E-state index contributed by atoms with van der Waals surface area (Å²) in [5, 5.41) is 10.5. The van der Waals surface area contributed by atoms with Gasteiger partial charge in [-0.25, -0.2) is 4.37 Å². The first-order valence-electron chi connectivity index (χ1n) is 4.82. The Morgan fingerprint density at radius 1 is 1.77 bits per heavy atom. The molecule has 72 valence electrons. The molecule has 1 aromatic heterocycles. The number of nitrogens with zero attached hydrogens (tertiary/aromatic N) is 1. The van der Waals surface area contributed by atoms with E-state index in [1.165, 1.54) is 11.5 Å². The van der Waals surface area contributed by atoms with Crippen LogP contribution in [-0.4, -0.2) is 9.48 Å². The van der Waals surface area contributed by atoms with Crippen molar-refractivity contribution < 1.29 is 5.11 Å². The lowest BCUT2D eigenvalue weighted by atomic mass is 9.91. The molecule has 1 saturated carbocycles. The molecule has 1 heterocycles. The molecule has 2 rings (SSSR count). The molecule has 0 spiro atoms. The average Bonchev–Trinajstić information content (AvgIpc) is 2.71. The number of hydrogen-bond donors (Lipinski definition) is 1. The number of aliphatic hydroxyl groups is 1. The Balaban J connectivity index is 2.25. The van der Waals surface area contributed by atoms with Crippen molar-refractivity contribution in [2.75, 3.05) is 0 Å². The van der Waals surface area contributed by atoms with Crippen LogP contribution in [0.5, 0.6) is 0 Å². The zero-order chi connectivity index (χ0) is 9.47. The Bertz CT molecular complexity index is 285. The number of aromatic nitrogens is 1. The first-order valence-corrected chi connectivity index (χ1v) is 5.59. The molecule has 1 N–H and O–H groups in total. The molecule has 3 heteroatoms. The van der Waals surface area contributed by atoms with Gasteiger partial charge in [-0.05, 0) is 42.3 Å². The van der Waals surface area contributed by atoms with Crippen LogP contribution in [0, 0.1) is 11.8 Å². The maximum absolute atomic E-state index is 10.5. The lowest BCUT2D eigenvalue weighted by Gasteiger charge is -2.25. The van der Waals surface area contributed by atoms with Crippen LogP contribution in [0.4, 0.5) is 0 Å². The largest absolute Gasteiger partial charge is 0.384 e. The first kappa shape index (κ1) is 9.16. The van der Waals surface area contributed by atoms with Gasteiger partial charge in [0.1, 0.15) is 5.60 Å². The van der Waals surface area contributed by atoms with Gasteiger partial charge >= 0.3 is 0 Å². The van der Waals surface area contributed by atoms with Crippen LogP contribution in [0.2, 0.25) is 0 Å². The monoisotopic (exact) mass is 197 g/mol. The van der Waals surface area contributed by atoms with Gasteiger partial charge in [-0.15, -0.1) is 0 Å². The van der Waals surface area contributed by atoms with Crippen LogP contribution in [0.1, 0.15) is 31.6 Å². The summed E-state index contributed by atoms with van der Waals surface area (Å²) in [7, 11) is 0. The average molecular weight is 197 g/mol. The molecule has 3 atom stereocenters. The van der Waals surface area contributed by atoms with Crippen LogP contribution in [0.25, 0.3) is 0 Å². The zero-order valence-electron chi connectivity index (χ0n) is 8.03. The molecular weight excluding hydrogens is 182 g/mol. The van der Waals surface area contributed by atoms with Gasteiger partial charge in [0.15, 0.2) is 0 Å². The molecule has 2 nitrogen and oxygen atoms in total. The molecule has 0 amide bonds. The van der Waals surface area contributed by atoms with Crippen molar-refractivity contribution in [2.24, 2.45) is 11.8 Å². The highest BCUT2D eigenvalue weighted by Crippen LogP contribution is 2.52. The fourth-order valence-electron chi connectivity index (χ4n) is 2.05. The van der Waals surface area contributed by atoms with Crippen molar-refractivity contribution in [1.29, 1.82) is 0 Å². The van der Waals surface area contributed by atoms with Gasteiger partial charge in [-0.2, -0.15) is 0 Å². The predicted molar refractivity (Wildman–Crippen MR) is 53.6 cm³/mol. The van der Waals surface area contributed by atoms with E-state index in [9.17, 15) is 5.11 Å². The summed E-state index contributed by atoms with van der Waals surface area (Å²) in [5.41, 5.74) is -0.597. The molecule has 0 bridgehead atoms. The molecule has 0 radical (unpaired) electrons. The Labute approximate surface area is 82.8 Å². The number of rotatable bonds is 3. The van der Waals surface area contributed by atoms with Gasteiger partial charge < -0.3 is 5.11 Å². The second kappa shape index (κ2) is 3.07. The van der Waals surface area contributed by atoms with Crippen LogP contribution in [0.15, 0.2) is 12.3 Å². The topological polar surface area (TPSA) is 33.1 Å². The predicted octanol–water partition coefficient (Wildman–Crippen LogP) is 2.40. The first-order chi connectivity index (χ1) is 6.18. The standard InChI is InChI=1S/C10H15NOS/c1-3-10(12,8-6-7(8)2)9-4-5-11-13-9/h4-5,7-8,12H,3,6H2,1-2H3. The molecule has 1 aromatic rings. The minimum Gasteiger partial charge on any atom is -0.384 e. The molecule has 0 aliphatic heterocycles. The van der Waals surface area contributed by atoms with Gasteiger partial charge in [0.05, 0.1) is 4.88 Å². The van der Waals surface area contributed by atoms with Gasteiger partial charge in [-0.3, -0.25) is 0 Å². The van der Waals surface area contributed by atoms with E-state index < -0.39 is 5.60 Å². The van der Waals surface area contributed by atoms with Crippen LogP contribution >= 0.6 is 11.5 Å². The van der Waals surface area contributed by atoms with Gasteiger partial charge in [0.25, 0.3) is 0 Å². The normalized spacial score (nSPS) is 31.3. The van der Waals surface area contributed by atoms with Crippen molar-refractivity contribution in [3.8, 4) is 0 Å². The Morgan fingerprint density at radius 2 is 2.46 bits per heavy atom. The maximum atomic E-state index is 10.5. The highest BCUT2D eigenvalue weighted by atomic mass is 32.1. The summed E-state index contributed by atoms with van der Waals surface area (Å²) in [6.07, 6.45) is 3.72. The number of hydrogen-bond acceptors (Lipinski definition) is 3. The third kappa shape index (κ3) is 1.40. The van der Waals surface area contributed by atoms with Crippen molar-refractivity contribution in [2.45, 2.75) is 32.3 Å². The van der Waals surface area contributed by atoms with E-state index in [1.807, 2.05) is 13.0 Å². The van der Waals surface area contributed by atoms with Crippen molar-refractivity contribution in [1.82, 2.24) is 4.37 Å². The molecule has 0 aromatic carbocycles. The van der Waals surface area contributed by atoms with E-state index in [0.29, 0.717) is 11.8 Å². The third-order valence-corrected chi connectivity index (χ3v) is 4.04. The molecule has 1 aliphatic carbocycles. The SMILES string of the molecule is CCC(O)(c1ccns1)C1CC1C. The minimum atomic E-state index is -0.597. The van der Waals surface area contributed by atoms with E-state index in [2.05, 4.69) is 11.3 Å². The fraction of sp³-hybridized carbons (Fsp3) is 0.700. The molecule has 0 saturated heterocycles. The molecule has 13 heavy (non-hydrogen) atoms. The van der Waals surface area contributed by atoms with E-state index in [1.54, 1.807) is 6.20 Å². The Morgan fingerprint density at radius 3 is 2.85 bits per heavy atom. The second-order valence-electron chi connectivity index (χ2n) is 3.97. The molecule has 3 unspecified atom stereocenters. The third-order valence-electron chi connectivity index (χ3n) is 3.13. The highest BCUT2D eigenvalue weighted by Gasteiger charge is 2.50.